The molecule has 0 bridgehead atoms. The van der Waals surface area contributed by atoms with Gasteiger partial charge in [0.2, 0.25) is 0 Å². The van der Waals surface area contributed by atoms with E-state index >= 15 is 0 Å². The molecule has 1 rings (SSSR count). The Kier molecular flexibility index (Phi) is 3.60. The Labute approximate surface area is 89.9 Å². The minimum absolute atomic E-state index is 0.192. The number of hydrogen-bond acceptors (Lipinski definition) is 4. The summed E-state index contributed by atoms with van der Waals surface area (Å²) in [6, 6.07) is 0. The first-order valence-electron chi connectivity index (χ1n) is 4.26. The van der Waals surface area contributed by atoms with E-state index in [9.17, 15) is 18.7 Å². The standard InChI is InChI=1S/C9H10F2N2O3/c1-13-4-5(8(12-13)9(10)11)6(14)3-7(15)16-2/h3-4,9,14H,1-2H3. The summed E-state index contributed by atoms with van der Waals surface area (Å²) in [6.07, 6.45) is -0.927. The van der Waals surface area contributed by atoms with Gasteiger partial charge in [0, 0.05) is 13.2 Å². The highest BCUT2D eigenvalue weighted by molar-refractivity contribution is 5.89. The van der Waals surface area contributed by atoms with Crippen LogP contribution in [0.15, 0.2) is 12.3 Å². The van der Waals surface area contributed by atoms with Gasteiger partial charge in [0.1, 0.15) is 11.5 Å². The van der Waals surface area contributed by atoms with Crippen molar-refractivity contribution < 1.29 is 23.4 Å². The molecule has 1 aromatic rings. The summed E-state index contributed by atoms with van der Waals surface area (Å²) in [7, 11) is 2.55. The smallest absolute Gasteiger partial charge is 0.334 e. The van der Waals surface area contributed by atoms with E-state index in [4.69, 9.17) is 0 Å². The molecule has 1 aromatic heterocycles. The second-order valence-electron chi connectivity index (χ2n) is 2.96. The van der Waals surface area contributed by atoms with Gasteiger partial charge in [-0.2, -0.15) is 5.10 Å². The van der Waals surface area contributed by atoms with Gasteiger partial charge in [-0.05, 0) is 0 Å². The number of nitrogens with zero attached hydrogens (tertiary/aromatic N) is 2. The first-order chi connectivity index (χ1) is 7.45. The number of carbonyl (C=O) groups is 1. The summed E-state index contributed by atoms with van der Waals surface area (Å²) < 4.78 is 30.4. The number of carbonyl (C=O) groups excluding carboxylic acids is 1. The van der Waals surface area contributed by atoms with Crippen LogP contribution in [0.2, 0.25) is 0 Å². The second-order valence-corrected chi connectivity index (χ2v) is 2.96. The fraction of sp³-hybridized carbons (Fsp3) is 0.333. The molecule has 0 aromatic carbocycles. The number of aromatic nitrogens is 2. The van der Waals surface area contributed by atoms with Crippen molar-refractivity contribution in [3.63, 3.8) is 0 Å². The van der Waals surface area contributed by atoms with Gasteiger partial charge in [-0.3, -0.25) is 4.68 Å². The predicted molar refractivity (Wildman–Crippen MR) is 50.8 cm³/mol. The molecule has 0 aliphatic heterocycles. The van der Waals surface area contributed by atoms with Crippen molar-refractivity contribution in [3.05, 3.63) is 23.5 Å². The highest BCUT2D eigenvalue weighted by atomic mass is 19.3. The van der Waals surface area contributed by atoms with E-state index < -0.39 is 23.8 Å². The summed E-state index contributed by atoms with van der Waals surface area (Å²) in [5.74, 6) is -1.43. The summed E-state index contributed by atoms with van der Waals surface area (Å²) in [4.78, 5) is 10.8. The largest absolute Gasteiger partial charge is 0.507 e. The van der Waals surface area contributed by atoms with E-state index in [0.717, 1.165) is 11.8 Å². The number of hydrogen-bond donors (Lipinski definition) is 1. The monoisotopic (exact) mass is 232 g/mol. The maximum atomic E-state index is 12.5. The van der Waals surface area contributed by atoms with Crippen molar-refractivity contribution in [2.75, 3.05) is 7.11 Å². The third-order valence-corrected chi connectivity index (χ3v) is 1.80. The lowest BCUT2D eigenvalue weighted by Crippen LogP contribution is -1.98. The van der Waals surface area contributed by atoms with Crippen LogP contribution in [0, 0.1) is 0 Å². The van der Waals surface area contributed by atoms with E-state index in [1.807, 2.05) is 0 Å². The third kappa shape index (κ3) is 2.56. The minimum atomic E-state index is -2.83. The Bertz CT molecular complexity index is 426. The first kappa shape index (κ1) is 12.2. The number of halogens is 2. The van der Waals surface area contributed by atoms with Crippen molar-refractivity contribution in [3.8, 4) is 0 Å². The Balaban J connectivity index is 3.12. The maximum Gasteiger partial charge on any atom is 0.334 e. The van der Waals surface area contributed by atoms with Crippen LogP contribution in [0.1, 0.15) is 17.7 Å². The zero-order chi connectivity index (χ0) is 12.3. The topological polar surface area (TPSA) is 64.3 Å². The van der Waals surface area contributed by atoms with Crippen molar-refractivity contribution in [2.24, 2.45) is 7.05 Å². The number of aliphatic hydroxyl groups is 1. The Morgan fingerprint density at radius 2 is 2.31 bits per heavy atom. The summed E-state index contributed by atoms with van der Waals surface area (Å²) in [5, 5.41) is 12.9. The van der Waals surface area contributed by atoms with Crippen LogP contribution in [0.25, 0.3) is 5.76 Å². The molecule has 5 nitrogen and oxygen atoms in total. The highest BCUT2D eigenvalue weighted by Crippen LogP contribution is 2.25. The zero-order valence-corrected chi connectivity index (χ0v) is 8.65. The van der Waals surface area contributed by atoms with Crippen molar-refractivity contribution in [2.45, 2.75) is 6.43 Å². The molecule has 0 spiro atoms. The van der Waals surface area contributed by atoms with E-state index in [1.165, 1.54) is 13.2 Å². The molecule has 0 aliphatic rings. The zero-order valence-electron chi connectivity index (χ0n) is 8.65. The van der Waals surface area contributed by atoms with Crippen LogP contribution in [0.5, 0.6) is 0 Å². The van der Waals surface area contributed by atoms with Gasteiger partial charge in [-0.25, -0.2) is 13.6 Å². The Hall–Kier alpha value is -1.92. The number of alkyl halides is 2. The van der Waals surface area contributed by atoms with E-state index in [0.29, 0.717) is 6.08 Å². The Morgan fingerprint density at radius 3 is 2.81 bits per heavy atom. The van der Waals surface area contributed by atoms with Gasteiger partial charge in [-0.1, -0.05) is 0 Å². The summed E-state index contributed by atoms with van der Waals surface area (Å²) in [5.41, 5.74) is -0.775. The second kappa shape index (κ2) is 4.73. The first-order valence-corrected chi connectivity index (χ1v) is 4.26. The molecule has 0 atom stereocenters. The molecule has 16 heavy (non-hydrogen) atoms. The molecule has 0 unspecified atom stereocenters. The van der Waals surface area contributed by atoms with Crippen LogP contribution < -0.4 is 0 Å². The number of rotatable bonds is 3. The quantitative estimate of drug-likeness (QED) is 0.486. The molecule has 0 saturated heterocycles. The summed E-state index contributed by atoms with van der Waals surface area (Å²) >= 11 is 0. The lowest BCUT2D eigenvalue weighted by molar-refractivity contribution is -0.134. The molecule has 1 heterocycles. The van der Waals surface area contributed by atoms with Crippen LogP contribution in [0.4, 0.5) is 8.78 Å². The van der Waals surface area contributed by atoms with Gasteiger partial charge >= 0.3 is 5.97 Å². The lowest BCUT2D eigenvalue weighted by atomic mass is 10.2. The molecule has 0 saturated carbocycles. The van der Waals surface area contributed by atoms with Gasteiger partial charge in [0.05, 0.1) is 18.7 Å². The van der Waals surface area contributed by atoms with E-state index in [-0.39, 0.29) is 5.56 Å². The highest BCUT2D eigenvalue weighted by Gasteiger charge is 2.20. The number of methoxy groups -OCH3 is 1. The molecular weight excluding hydrogens is 222 g/mol. The average Bonchev–Trinajstić information content (AvgIpc) is 2.60. The Morgan fingerprint density at radius 1 is 1.69 bits per heavy atom. The van der Waals surface area contributed by atoms with Crippen LogP contribution >= 0.6 is 0 Å². The number of aliphatic hydroxyl groups excluding tert-OH is 1. The molecular formula is C9H10F2N2O3. The van der Waals surface area contributed by atoms with Gasteiger partial charge in [0.15, 0.2) is 0 Å². The molecule has 0 fully saturated rings. The van der Waals surface area contributed by atoms with Gasteiger partial charge < -0.3 is 9.84 Å². The SMILES string of the molecule is COC(=O)C=C(O)c1cn(C)nc1C(F)F. The van der Waals surface area contributed by atoms with Gasteiger partial charge in [0.25, 0.3) is 6.43 Å². The maximum absolute atomic E-state index is 12.5. The van der Waals surface area contributed by atoms with Crippen LogP contribution in [-0.4, -0.2) is 28.0 Å². The molecule has 1 N–H and O–H groups in total. The molecule has 88 valence electrons. The fourth-order valence-corrected chi connectivity index (χ4v) is 1.11. The molecule has 0 aliphatic carbocycles. The normalized spacial score (nSPS) is 11.9. The number of aryl methyl sites for hydroxylation is 1. The molecule has 0 amide bonds. The van der Waals surface area contributed by atoms with Crippen LogP contribution in [0.3, 0.4) is 0 Å². The van der Waals surface area contributed by atoms with Gasteiger partial charge in [-0.15, -0.1) is 0 Å². The van der Waals surface area contributed by atoms with Crippen molar-refractivity contribution >= 4 is 11.7 Å². The number of ether oxygens (including phenoxy) is 1. The predicted octanol–water partition coefficient (Wildman–Crippen LogP) is 1.43. The van der Waals surface area contributed by atoms with Crippen molar-refractivity contribution in [1.82, 2.24) is 9.78 Å². The van der Waals surface area contributed by atoms with E-state index in [1.54, 1.807) is 0 Å². The minimum Gasteiger partial charge on any atom is -0.507 e. The number of esters is 1. The van der Waals surface area contributed by atoms with Crippen LogP contribution in [-0.2, 0) is 16.6 Å². The summed E-state index contributed by atoms with van der Waals surface area (Å²) in [6.45, 7) is 0. The molecule has 7 heteroatoms. The third-order valence-electron chi connectivity index (χ3n) is 1.80. The lowest BCUT2D eigenvalue weighted by Gasteiger charge is -1.99. The average molecular weight is 232 g/mol. The van der Waals surface area contributed by atoms with E-state index in [2.05, 4.69) is 9.84 Å². The fourth-order valence-electron chi connectivity index (χ4n) is 1.11. The molecule has 0 radical (unpaired) electrons. The van der Waals surface area contributed by atoms with Crippen molar-refractivity contribution in [1.29, 1.82) is 0 Å².